The molecule has 7 rings (SSSR count). The van der Waals surface area contributed by atoms with Crippen molar-refractivity contribution < 1.29 is 9.53 Å². The molecule has 0 spiro atoms. The molecular formula is C32H29N9O2. The lowest BCUT2D eigenvalue weighted by atomic mass is 10.0. The zero-order valence-electron chi connectivity index (χ0n) is 23.6. The molecule has 4 aromatic heterocycles. The van der Waals surface area contributed by atoms with Crippen LogP contribution in [0.25, 0.3) is 22.4 Å². The Labute approximate surface area is 248 Å². The number of imidazole rings is 1. The van der Waals surface area contributed by atoms with Crippen LogP contribution in [0, 0.1) is 18.3 Å². The van der Waals surface area contributed by atoms with E-state index in [2.05, 4.69) is 41.6 Å². The van der Waals surface area contributed by atoms with Crippen LogP contribution in [0.2, 0.25) is 0 Å². The average Bonchev–Trinajstić information content (AvgIpc) is 3.74. The van der Waals surface area contributed by atoms with Gasteiger partial charge in [-0.1, -0.05) is 6.07 Å². The zero-order chi connectivity index (χ0) is 29.4. The molecule has 2 aliphatic rings. The van der Waals surface area contributed by atoms with Gasteiger partial charge in [0, 0.05) is 41.5 Å². The Kier molecular flexibility index (Phi) is 6.75. The van der Waals surface area contributed by atoms with E-state index in [0.29, 0.717) is 39.6 Å². The number of hydrogen-bond acceptors (Lipinski definition) is 9. The highest BCUT2D eigenvalue weighted by molar-refractivity contribution is 6.04. The third kappa shape index (κ3) is 5.06. The fraction of sp³-hybridized carbons (Fsp3) is 0.281. The first kappa shape index (κ1) is 26.7. The van der Waals surface area contributed by atoms with Crippen molar-refractivity contribution in [1.29, 1.82) is 5.26 Å². The van der Waals surface area contributed by atoms with Crippen molar-refractivity contribution in [2.24, 2.45) is 0 Å². The van der Waals surface area contributed by atoms with Gasteiger partial charge in [0.1, 0.15) is 29.6 Å². The third-order valence-corrected chi connectivity index (χ3v) is 8.11. The summed E-state index contributed by atoms with van der Waals surface area (Å²) in [6.07, 6.45) is 11.1. The lowest BCUT2D eigenvalue weighted by molar-refractivity contribution is -0.0298. The van der Waals surface area contributed by atoms with E-state index in [0.717, 1.165) is 55.5 Å². The molecule has 1 aliphatic carbocycles. The minimum atomic E-state index is -0.561. The summed E-state index contributed by atoms with van der Waals surface area (Å²) in [5.74, 6) is 0.328. The number of ether oxygens (including phenoxy) is 1. The predicted octanol–water partition coefficient (Wildman–Crippen LogP) is 5.84. The standard InChI is InChI=1S/C32H29N9O2/c1-20-7-8-22(39-31(42)21-9-13-34-25(15-21)32(17-33)10-11-32)16-24(20)40-29-23(5-4-12-35-29)27-28-30(37-18-36-27)41(19-38-28)26-6-2-3-14-43-26/h4-5,7-9,12-13,15-16,18-19,26H,2-3,6,10-11,14H2,1H3,(H,35,40)(H,39,42). The maximum Gasteiger partial charge on any atom is 0.255 e. The summed E-state index contributed by atoms with van der Waals surface area (Å²) in [6, 6.07) is 15.2. The van der Waals surface area contributed by atoms with E-state index in [4.69, 9.17) is 4.74 Å². The summed E-state index contributed by atoms with van der Waals surface area (Å²) in [4.78, 5) is 35.9. The monoisotopic (exact) mass is 571 g/mol. The first-order chi connectivity index (χ1) is 21.0. The van der Waals surface area contributed by atoms with E-state index in [1.54, 1.807) is 37.2 Å². The average molecular weight is 572 g/mol. The lowest BCUT2D eigenvalue weighted by Gasteiger charge is -2.23. The van der Waals surface area contributed by atoms with E-state index in [-0.39, 0.29) is 12.1 Å². The van der Waals surface area contributed by atoms with E-state index >= 15 is 0 Å². The number of nitriles is 1. The molecule has 2 fully saturated rings. The Hall–Kier alpha value is -5.21. The van der Waals surface area contributed by atoms with Gasteiger partial charge >= 0.3 is 0 Å². The number of carbonyl (C=O) groups excluding carboxylic acids is 1. The third-order valence-electron chi connectivity index (χ3n) is 8.11. The molecule has 0 bridgehead atoms. The second-order valence-corrected chi connectivity index (χ2v) is 11.0. The van der Waals surface area contributed by atoms with Crippen molar-refractivity contribution in [2.45, 2.75) is 50.7 Å². The first-order valence-electron chi connectivity index (χ1n) is 14.4. The second-order valence-electron chi connectivity index (χ2n) is 11.0. The molecule has 1 atom stereocenters. The zero-order valence-corrected chi connectivity index (χ0v) is 23.6. The van der Waals surface area contributed by atoms with Gasteiger partial charge in [-0.3, -0.25) is 14.3 Å². The van der Waals surface area contributed by atoms with E-state index in [1.807, 2.05) is 41.8 Å². The molecule has 1 amide bonds. The highest BCUT2D eigenvalue weighted by Gasteiger charge is 2.46. The van der Waals surface area contributed by atoms with Gasteiger partial charge in [-0.25, -0.2) is 19.9 Å². The fourth-order valence-corrected chi connectivity index (χ4v) is 5.45. The number of aromatic nitrogens is 6. The van der Waals surface area contributed by atoms with Gasteiger partial charge in [-0.15, -0.1) is 0 Å². The van der Waals surface area contributed by atoms with Crippen LogP contribution in [-0.2, 0) is 10.2 Å². The van der Waals surface area contributed by atoms with Crippen molar-refractivity contribution in [1.82, 2.24) is 29.5 Å². The number of rotatable bonds is 7. The molecule has 11 nitrogen and oxygen atoms in total. The Morgan fingerprint density at radius 1 is 1.07 bits per heavy atom. The molecule has 1 aromatic carbocycles. The molecule has 1 unspecified atom stereocenters. The highest BCUT2D eigenvalue weighted by atomic mass is 16.5. The van der Waals surface area contributed by atoms with Gasteiger partial charge in [-0.2, -0.15) is 5.26 Å². The van der Waals surface area contributed by atoms with Crippen molar-refractivity contribution in [2.75, 3.05) is 17.2 Å². The van der Waals surface area contributed by atoms with Crippen LogP contribution in [0.1, 0.15) is 59.9 Å². The highest BCUT2D eigenvalue weighted by Crippen LogP contribution is 2.46. The number of aryl methyl sites for hydroxylation is 1. The fourth-order valence-electron chi connectivity index (χ4n) is 5.45. The minimum Gasteiger partial charge on any atom is -0.358 e. The van der Waals surface area contributed by atoms with E-state index in [9.17, 15) is 10.1 Å². The second kappa shape index (κ2) is 10.9. The largest absolute Gasteiger partial charge is 0.358 e. The number of nitrogens with one attached hydrogen (secondary N) is 2. The number of pyridine rings is 2. The maximum absolute atomic E-state index is 13.1. The number of anilines is 3. The summed E-state index contributed by atoms with van der Waals surface area (Å²) < 4.78 is 7.96. The van der Waals surface area contributed by atoms with Crippen molar-refractivity contribution in [3.8, 4) is 17.3 Å². The number of hydrogen-bond donors (Lipinski definition) is 2. The Bertz CT molecular complexity index is 1880. The lowest BCUT2D eigenvalue weighted by Crippen LogP contribution is -2.17. The van der Waals surface area contributed by atoms with Crippen LogP contribution in [0.5, 0.6) is 0 Å². The molecular weight excluding hydrogens is 542 g/mol. The summed E-state index contributed by atoms with van der Waals surface area (Å²) in [7, 11) is 0. The van der Waals surface area contributed by atoms with Crippen LogP contribution >= 0.6 is 0 Å². The van der Waals surface area contributed by atoms with Crippen LogP contribution in [0.15, 0.2) is 67.5 Å². The Balaban J connectivity index is 1.16. The molecule has 0 radical (unpaired) electrons. The maximum atomic E-state index is 13.1. The molecule has 43 heavy (non-hydrogen) atoms. The van der Waals surface area contributed by atoms with Gasteiger partial charge < -0.3 is 15.4 Å². The van der Waals surface area contributed by atoms with Crippen molar-refractivity contribution in [3.63, 3.8) is 0 Å². The molecule has 11 heteroatoms. The van der Waals surface area contributed by atoms with Crippen LogP contribution < -0.4 is 10.6 Å². The summed E-state index contributed by atoms with van der Waals surface area (Å²) in [6.45, 7) is 2.71. The number of fused-ring (bicyclic) bond motifs is 1. The van der Waals surface area contributed by atoms with Crippen LogP contribution in [0.4, 0.5) is 17.2 Å². The van der Waals surface area contributed by atoms with Crippen LogP contribution in [-0.4, -0.2) is 42.0 Å². The predicted molar refractivity (Wildman–Crippen MR) is 161 cm³/mol. The molecule has 2 N–H and O–H groups in total. The Morgan fingerprint density at radius 2 is 1.98 bits per heavy atom. The van der Waals surface area contributed by atoms with Gasteiger partial charge in [0.2, 0.25) is 0 Å². The molecule has 214 valence electrons. The molecule has 1 saturated heterocycles. The SMILES string of the molecule is Cc1ccc(NC(=O)c2ccnc(C3(C#N)CC3)c2)cc1Nc1ncccc1-c1ncnc2c1ncn2C1CCCCO1. The number of carbonyl (C=O) groups is 1. The summed E-state index contributed by atoms with van der Waals surface area (Å²) in [5, 5.41) is 16.0. The molecule has 1 saturated carbocycles. The van der Waals surface area contributed by atoms with Crippen LogP contribution in [0.3, 0.4) is 0 Å². The normalized spacial score (nSPS) is 17.3. The quantitative estimate of drug-likeness (QED) is 0.246. The molecule has 1 aliphatic heterocycles. The topological polar surface area (TPSA) is 144 Å². The number of benzene rings is 1. The van der Waals surface area contributed by atoms with E-state index in [1.165, 1.54) is 0 Å². The first-order valence-corrected chi connectivity index (χ1v) is 14.4. The number of nitrogens with zero attached hydrogens (tertiary/aromatic N) is 7. The summed E-state index contributed by atoms with van der Waals surface area (Å²) in [5.41, 5.74) is 5.73. The Morgan fingerprint density at radius 3 is 2.79 bits per heavy atom. The van der Waals surface area contributed by atoms with E-state index < -0.39 is 5.41 Å². The van der Waals surface area contributed by atoms with Crippen molar-refractivity contribution in [3.05, 3.63) is 84.3 Å². The van der Waals surface area contributed by atoms with Gasteiger partial charge in [0.15, 0.2) is 5.65 Å². The number of amides is 1. The van der Waals surface area contributed by atoms with Gasteiger partial charge in [0.25, 0.3) is 5.91 Å². The summed E-state index contributed by atoms with van der Waals surface area (Å²) >= 11 is 0. The minimum absolute atomic E-state index is 0.0894. The smallest absolute Gasteiger partial charge is 0.255 e. The molecule has 5 heterocycles. The molecule has 5 aromatic rings. The van der Waals surface area contributed by atoms with Gasteiger partial charge in [-0.05, 0) is 81.0 Å². The van der Waals surface area contributed by atoms with Gasteiger partial charge in [0.05, 0.1) is 23.5 Å². The van der Waals surface area contributed by atoms with Crippen molar-refractivity contribution >= 4 is 34.3 Å².